The Hall–Kier alpha value is -1.30. The van der Waals surface area contributed by atoms with Crippen LogP contribution in [0.3, 0.4) is 0 Å². The molecule has 10 nitrogen and oxygen atoms in total. The molecule has 4 saturated heterocycles. The highest BCUT2D eigenvalue weighted by Crippen LogP contribution is 2.55. The summed E-state index contributed by atoms with van der Waals surface area (Å²) in [6.07, 6.45) is 19.0. The molecule has 0 spiro atoms. The van der Waals surface area contributed by atoms with Crippen LogP contribution in [-0.2, 0) is 9.59 Å². The molecule has 0 radical (unpaired) electrons. The van der Waals surface area contributed by atoms with Gasteiger partial charge in [0.2, 0.25) is 0 Å². The molecule has 0 aromatic heterocycles. The predicted octanol–water partition coefficient (Wildman–Crippen LogP) is 10.3. The van der Waals surface area contributed by atoms with Crippen LogP contribution in [0, 0.1) is 17.3 Å². The zero-order chi connectivity index (χ0) is 47.1. The maximum absolute atomic E-state index is 13.4. The van der Waals surface area contributed by atoms with Crippen LogP contribution >= 0.6 is 0 Å². The zero-order valence-electron chi connectivity index (χ0n) is 43.4. The van der Waals surface area contributed by atoms with Crippen LogP contribution in [0.25, 0.3) is 0 Å². The Morgan fingerprint density at radius 2 is 0.710 bits per heavy atom. The van der Waals surface area contributed by atoms with Gasteiger partial charge in [-0.05, 0) is 213 Å². The topological polar surface area (TPSA) is 147 Å². The van der Waals surface area contributed by atoms with Gasteiger partial charge < -0.3 is 42.1 Å². The van der Waals surface area contributed by atoms with Crippen molar-refractivity contribution in [3.05, 3.63) is 0 Å². The summed E-state index contributed by atoms with van der Waals surface area (Å²) < 4.78 is 0. The van der Waals surface area contributed by atoms with Gasteiger partial charge in [0, 0.05) is 62.8 Å². The molecule has 0 atom stereocenters. The number of carboxylic acid groups (broad SMARTS) is 2. The van der Waals surface area contributed by atoms with Gasteiger partial charge in [0.15, 0.2) is 0 Å². The van der Waals surface area contributed by atoms with Crippen LogP contribution in [0.4, 0.5) is 0 Å². The van der Waals surface area contributed by atoms with Crippen molar-refractivity contribution in [2.24, 2.45) is 17.3 Å². The number of unbranched alkanes of at least 4 members (excludes halogenated alkanes) is 7. The van der Waals surface area contributed by atoms with Crippen molar-refractivity contribution < 1.29 is 19.8 Å². The van der Waals surface area contributed by atoms with Crippen molar-refractivity contribution in [3.63, 3.8) is 0 Å². The number of aliphatic carboxylic acids is 2. The summed E-state index contributed by atoms with van der Waals surface area (Å²) >= 11 is 0. The summed E-state index contributed by atoms with van der Waals surface area (Å²) in [5.74, 6) is -1.14. The lowest BCUT2D eigenvalue weighted by molar-refractivity contribution is -0.166. The molecule has 62 heavy (non-hydrogen) atoms. The molecule has 0 bridgehead atoms. The first-order valence-corrected chi connectivity index (χ1v) is 25.3. The van der Waals surface area contributed by atoms with E-state index in [9.17, 15) is 14.7 Å². The maximum Gasteiger partial charge on any atom is 0.310 e. The molecule has 4 aliphatic rings. The third kappa shape index (κ3) is 18.5. The fourth-order valence-corrected chi connectivity index (χ4v) is 13.9. The molecule has 10 heteroatoms. The van der Waals surface area contributed by atoms with E-state index in [1.54, 1.807) is 0 Å². The van der Waals surface area contributed by atoms with Gasteiger partial charge in [0.25, 0.3) is 0 Å². The van der Waals surface area contributed by atoms with Crippen LogP contribution in [-0.4, -0.2) is 91.6 Å². The van der Waals surface area contributed by atoms with Gasteiger partial charge in [-0.1, -0.05) is 38.5 Å². The SMILES string of the molecule is CC1(C)CC(C(CCCCCCCC(=O)O)(C(=O)O)C2CC(C)(C)NC(C)(C)C2)CC(C)(C)N1.CC1(C)CC(NCCCCCCNC2CC(C)(C)NC(C)(C)C2)CC(C)(C)N1. The van der Waals surface area contributed by atoms with E-state index in [2.05, 4.69) is 143 Å². The average Bonchev–Trinajstić information content (AvgIpc) is 3.01. The Morgan fingerprint density at radius 3 is 1.02 bits per heavy atom. The first kappa shape index (κ1) is 55.0. The second-order valence-corrected chi connectivity index (χ2v) is 26.3. The lowest BCUT2D eigenvalue weighted by Crippen LogP contribution is -2.65. The molecule has 364 valence electrons. The summed E-state index contributed by atoms with van der Waals surface area (Å²) in [5.41, 5.74) is -0.237. The monoisotopic (exact) mass is 875 g/mol. The molecule has 4 rings (SSSR count). The number of carbonyl (C=O) groups is 2. The van der Waals surface area contributed by atoms with Gasteiger partial charge in [-0.2, -0.15) is 0 Å². The van der Waals surface area contributed by atoms with Gasteiger partial charge in [-0.25, -0.2) is 0 Å². The Labute approximate surface area is 382 Å². The molecular formula is C52H102N6O4. The Kier molecular flexibility index (Phi) is 19.1. The van der Waals surface area contributed by atoms with E-state index in [-0.39, 0.29) is 62.6 Å². The van der Waals surface area contributed by atoms with Crippen molar-refractivity contribution in [1.29, 1.82) is 0 Å². The Morgan fingerprint density at radius 1 is 0.435 bits per heavy atom. The number of piperidine rings is 4. The second kappa shape index (κ2) is 21.6. The highest BCUT2D eigenvalue weighted by molar-refractivity contribution is 5.76. The molecule has 4 aliphatic heterocycles. The summed E-state index contributed by atoms with van der Waals surface area (Å²) in [5, 5.41) is 42.6. The van der Waals surface area contributed by atoms with E-state index in [4.69, 9.17) is 5.11 Å². The van der Waals surface area contributed by atoms with E-state index in [1.807, 2.05) is 0 Å². The fourth-order valence-electron chi connectivity index (χ4n) is 13.9. The predicted molar refractivity (Wildman–Crippen MR) is 261 cm³/mol. The molecule has 4 heterocycles. The molecule has 0 unspecified atom stereocenters. The van der Waals surface area contributed by atoms with Crippen molar-refractivity contribution in [2.45, 2.75) is 289 Å². The molecule has 0 aromatic rings. The lowest BCUT2D eigenvalue weighted by atomic mass is 9.52. The molecule has 0 aliphatic carbocycles. The van der Waals surface area contributed by atoms with Gasteiger partial charge in [0.05, 0.1) is 5.41 Å². The minimum Gasteiger partial charge on any atom is -0.481 e. The van der Waals surface area contributed by atoms with Gasteiger partial charge >= 0.3 is 11.9 Å². The number of hydrogen-bond acceptors (Lipinski definition) is 8. The molecule has 0 amide bonds. The Balaban J connectivity index is 0.000000336. The highest BCUT2D eigenvalue weighted by atomic mass is 16.4. The normalized spacial score (nSPS) is 25.7. The fraction of sp³-hybridized carbons (Fsp3) is 0.962. The highest BCUT2D eigenvalue weighted by Gasteiger charge is 2.58. The van der Waals surface area contributed by atoms with Crippen LogP contribution in [0.5, 0.6) is 0 Å². The average molecular weight is 875 g/mol. The van der Waals surface area contributed by atoms with Crippen LogP contribution in [0.1, 0.15) is 233 Å². The number of nitrogens with one attached hydrogen (secondary N) is 6. The quantitative estimate of drug-likeness (QED) is 0.0556. The second-order valence-electron chi connectivity index (χ2n) is 26.3. The molecule has 0 aromatic carbocycles. The minimum atomic E-state index is -0.756. The third-order valence-corrected chi connectivity index (χ3v) is 14.6. The van der Waals surface area contributed by atoms with E-state index in [1.165, 1.54) is 64.5 Å². The summed E-state index contributed by atoms with van der Waals surface area (Å²) in [6, 6.07) is 1.30. The first-order chi connectivity index (χ1) is 28.2. The van der Waals surface area contributed by atoms with Crippen molar-refractivity contribution in [2.75, 3.05) is 13.1 Å². The van der Waals surface area contributed by atoms with Gasteiger partial charge in [-0.3, -0.25) is 9.59 Å². The molecule has 0 saturated carbocycles. The summed E-state index contributed by atoms with van der Waals surface area (Å²) in [4.78, 5) is 24.2. The molecule has 4 fully saturated rings. The molecular weight excluding hydrogens is 773 g/mol. The van der Waals surface area contributed by atoms with Gasteiger partial charge in [-0.15, -0.1) is 0 Å². The van der Waals surface area contributed by atoms with Crippen molar-refractivity contribution in [1.82, 2.24) is 31.9 Å². The lowest BCUT2D eigenvalue weighted by Gasteiger charge is -2.57. The van der Waals surface area contributed by atoms with Crippen molar-refractivity contribution >= 4 is 11.9 Å². The number of rotatable bonds is 20. The van der Waals surface area contributed by atoms with Crippen LogP contribution in [0.2, 0.25) is 0 Å². The van der Waals surface area contributed by atoms with E-state index < -0.39 is 17.4 Å². The van der Waals surface area contributed by atoms with E-state index in [0.29, 0.717) is 24.9 Å². The van der Waals surface area contributed by atoms with E-state index >= 15 is 0 Å². The molecule has 8 N–H and O–H groups in total. The van der Waals surface area contributed by atoms with Crippen LogP contribution < -0.4 is 31.9 Å². The number of carboxylic acids is 2. The minimum absolute atomic E-state index is 0.109. The third-order valence-electron chi connectivity index (χ3n) is 14.6. The smallest absolute Gasteiger partial charge is 0.310 e. The van der Waals surface area contributed by atoms with E-state index in [0.717, 1.165) is 51.4 Å². The zero-order valence-corrected chi connectivity index (χ0v) is 43.4. The maximum atomic E-state index is 13.4. The van der Waals surface area contributed by atoms with Gasteiger partial charge in [0.1, 0.15) is 0 Å². The summed E-state index contributed by atoms with van der Waals surface area (Å²) in [7, 11) is 0. The first-order valence-electron chi connectivity index (χ1n) is 25.3. The largest absolute Gasteiger partial charge is 0.481 e. The van der Waals surface area contributed by atoms with Crippen LogP contribution in [0.15, 0.2) is 0 Å². The standard InChI is InChI=1S/C28H52N2O4.C24H50N4/c1-24(2)16-20(17-25(3,4)29-24)28(23(33)34,15-13-11-9-10-12-14-22(31)32)21-18-26(5,6)30-27(7,8)19-21;1-21(2)15-19(16-22(3,4)27-21)25-13-11-9-10-12-14-26-20-17-23(5,6)28-24(7,8)18-20/h20-21,29-30H,9-19H2,1-8H3,(H,31,32)(H,33,34);19-20,25-28H,9-18H2,1-8H3. The summed E-state index contributed by atoms with van der Waals surface area (Å²) in [6.45, 7) is 38.7. The van der Waals surface area contributed by atoms with Crippen molar-refractivity contribution in [3.8, 4) is 0 Å². The Bertz CT molecular complexity index is 1270. The number of hydrogen-bond donors (Lipinski definition) is 8.